The van der Waals surface area contributed by atoms with Gasteiger partial charge in [-0.15, -0.1) is 0 Å². The van der Waals surface area contributed by atoms with Gasteiger partial charge in [-0.05, 0) is 36.2 Å². The predicted octanol–water partition coefficient (Wildman–Crippen LogP) is 4.22. The zero-order valence-electron chi connectivity index (χ0n) is 15.5. The summed E-state index contributed by atoms with van der Waals surface area (Å²) in [6.07, 6.45) is -3.53. The van der Waals surface area contributed by atoms with Crippen LogP contribution in [0.4, 0.5) is 18.9 Å². The fourth-order valence-electron chi connectivity index (χ4n) is 2.63. The molecule has 0 saturated carbocycles. The molecule has 0 bridgehead atoms. The van der Waals surface area contributed by atoms with Crippen molar-refractivity contribution in [3.05, 3.63) is 64.7 Å². The van der Waals surface area contributed by atoms with Crippen LogP contribution in [0.5, 0.6) is 0 Å². The van der Waals surface area contributed by atoms with Crippen LogP contribution in [0.3, 0.4) is 0 Å². The van der Waals surface area contributed by atoms with Gasteiger partial charge in [0.1, 0.15) is 0 Å². The zero-order chi connectivity index (χ0) is 21.7. The lowest BCUT2D eigenvalue weighted by Crippen LogP contribution is -2.32. The van der Waals surface area contributed by atoms with Crippen molar-refractivity contribution in [2.75, 3.05) is 17.1 Å². The first-order chi connectivity index (χ1) is 13.5. The number of rotatable bonds is 8. The van der Waals surface area contributed by atoms with Crippen LogP contribution in [0, 0.1) is 0 Å². The number of carbonyl (C=O) groups excluding carboxylic acids is 1. The molecule has 0 aliphatic heterocycles. The molecule has 0 radical (unpaired) electrons. The molecule has 2 rings (SSSR count). The highest BCUT2D eigenvalue weighted by Crippen LogP contribution is 2.32. The first-order valence-electron chi connectivity index (χ1n) is 8.63. The summed E-state index contributed by atoms with van der Waals surface area (Å²) >= 11 is 6.01. The molecular weight excluding hydrogens is 429 g/mol. The molecule has 5 nitrogen and oxygen atoms in total. The van der Waals surface area contributed by atoms with E-state index in [4.69, 9.17) is 11.6 Å². The molecule has 10 heteroatoms. The summed E-state index contributed by atoms with van der Waals surface area (Å²) in [6, 6.07) is 11.1. The van der Waals surface area contributed by atoms with Gasteiger partial charge in [-0.1, -0.05) is 35.9 Å². The minimum absolute atomic E-state index is 0.00936. The Kier molecular flexibility index (Phi) is 7.54. The van der Waals surface area contributed by atoms with Crippen LogP contribution < -0.4 is 9.62 Å². The standard InChI is InChI=1S/C19H20ClF3N2O3S/c1-29(27,28)25(16-8-4-7-15(12-16)19(21,22)23)11-5-10-18(26)24-13-14-6-2-3-9-17(14)20/h2-4,6-9,12H,5,10-11,13H2,1H3,(H,24,26). The van der Waals surface area contributed by atoms with Crippen molar-refractivity contribution in [2.24, 2.45) is 0 Å². The van der Waals surface area contributed by atoms with Gasteiger partial charge in [-0.3, -0.25) is 9.10 Å². The lowest BCUT2D eigenvalue weighted by molar-refractivity contribution is -0.137. The third-order valence-electron chi connectivity index (χ3n) is 4.06. The number of nitrogens with zero attached hydrogens (tertiary/aromatic N) is 1. The van der Waals surface area contributed by atoms with Crippen LogP contribution in [0.1, 0.15) is 24.0 Å². The molecular formula is C19H20ClF3N2O3S. The molecule has 158 valence electrons. The molecule has 0 fully saturated rings. The highest BCUT2D eigenvalue weighted by atomic mass is 35.5. The third-order valence-corrected chi connectivity index (χ3v) is 5.62. The Morgan fingerprint density at radius 2 is 1.83 bits per heavy atom. The normalized spacial score (nSPS) is 11.9. The van der Waals surface area contributed by atoms with E-state index in [1.807, 2.05) is 0 Å². The van der Waals surface area contributed by atoms with Gasteiger partial charge in [0.15, 0.2) is 0 Å². The van der Waals surface area contributed by atoms with Crippen LogP contribution in [-0.2, 0) is 27.5 Å². The van der Waals surface area contributed by atoms with Gasteiger partial charge in [0.25, 0.3) is 0 Å². The molecule has 0 unspecified atom stereocenters. The number of nitrogens with one attached hydrogen (secondary N) is 1. The number of hydrogen-bond acceptors (Lipinski definition) is 3. The van der Waals surface area contributed by atoms with E-state index < -0.39 is 21.8 Å². The Hall–Kier alpha value is -2.26. The lowest BCUT2D eigenvalue weighted by atomic mass is 10.2. The van der Waals surface area contributed by atoms with E-state index in [-0.39, 0.29) is 37.5 Å². The van der Waals surface area contributed by atoms with Crippen LogP contribution >= 0.6 is 11.6 Å². The topological polar surface area (TPSA) is 66.5 Å². The Balaban J connectivity index is 1.98. The number of benzene rings is 2. The van der Waals surface area contributed by atoms with Gasteiger partial charge in [-0.2, -0.15) is 13.2 Å². The van der Waals surface area contributed by atoms with Crippen LogP contribution in [0.2, 0.25) is 5.02 Å². The van der Waals surface area contributed by atoms with Gasteiger partial charge in [-0.25, -0.2) is 8.42 Å². The number of anilines is 1. The fourth-order valence-corrected chi connectivity index (χ4v) is 3.79. The van der Waals surface area contributed by atoms with Gasteiger partial charge in [0, 0.05) is 24.5 Å². The van der Waals surface area contributed by atoms with Crippen molar-refractivity contribution in [2.45, 2.75) is 25.6 Å². The molecule has 0 aliphatic carbocycles. The van der Waals surface area contributed by atoms with E-state index in [9.17, 15) is 26.4 Å². The molecule has 0 spiro atoms. The molecule has 2 aromatic rings. The summed E-state index contributed by atoms with van der Waals surface area (Å²) in [7, 11) is -3.82. The minimum Gasteiger partial charge on any atom is -0.352 e. The highest BCUT2D eigenvalue weighted by Gasteiger charge is 2.31. The Bertz CT molecular complexity index is 965. The summed E-state index contributed by atoms with van der Waals surface area (Å²) in [5.41, 5.74) is -0.302. The van der Waals surface area contributed by atoms with Crippen LogP contribution in [0.25, 0.3) is 0 Å². The molecule has 1 N–H and O–H groups in total. The summed E-state index contributed by atoms with van der Waals surface area (Å²) in [6.45, 7) is 0.0988. The first-order valence-corrected chi connectivity index (χ1v) is 10.9. The second kappa shape index (κ2) is 9.49. The quantitative estimate of drug-likeness (QED) is 0.657. The van der Waals surface area contributed by atoms with E-state index in [2.05, 4.69) is 5.32 Å². The number of alkyl halides is 3. The second-order valence-electron chi connectivity index (χ2n) is 6.35. The van der Waals surface area contributed by atoms with Gasteiger partial charge >= 0.3 is 6.18 Å². The maximum Gasteiger partial charge on any atom is 0.416 e. The summed E-state index contributed by atoms with van der Waals surface area (Å²) in [4.78, 5) is 12.0. The first kappa shape index (κ1) is 23.0. The van der Waals surface area contributed by atoms with E-state index in [1.54, 1.807) is 24.3 Å². The Morgan fingerprint density at radius 3 is 2.45 bits per heavy atom. The minimum atomic E-state index is -4.59. The maximum atomic E-state index is 12.9. The van der Waals surface area contributed by atoms with Gasteiger partial charge in [0.2, 0.25) is 15.9 Å². The highest BCUT2D eigenvalue weighted by molar-refractivity contribution is 7.92. The van der Waals surface area contributed by atoms with Crippen molar-refractivity contribution >= 4 is 33.2 Å². The number of halogens is 4. The molecule has 0 aromatic heterocycles. The van der Waals surface area contributed by atoms with Gasteiger partial charge < -0.3 is 5.32 Å². The monoisotopic (exact) mass is 448 g/mol. The van der Waals surface area contributed by atoms with E-state index in [1.165, 1.54) is 6.07 Å². The molecule has 0 aliphatic rings. The van der Waals surface area contributed by atoms with Crippen molar-refractivity contribution in [1.82, 2.24) is 5.32 Å². The van der Waals surface area contributed by atoms with E-state index in [0.29, 0.717) is 5.02 Å². The number of sulfonamides is 1. The average molecular weight is 449 g/mol. The summed E-state index contributed by atoms with van der Waals surface area (Å²) in [5.74, 6) is -0.317. The van der Waals surface area contributed by atoms with Crippen molar-refractivity contribution in [1.29, 1.82) is 0 Å². The smallest absolute Gasteiger partial charge is 0.352 e. The number of amides is 1. The maximum absolute atomic E-state index is 12.9. The van der Waals surface area contributed by atoms with Crippen molar-refractivity contribution in [3.63, 3.8) is 0 Å². The molecule has 2 aromatic carbocycles. The molecule has 29 heavy (non-hydrogen) atoms. The summed E-state index contributed by atoms with van der Waals surface area (Å²) < 4.78 is 63.7. The average Bonchev–Trinajstić information content (AvgIpc) is 2.63. The van der Waals surface area contributed by atoms with Crippen LogP contribution in [-0.4, -0.2) is 27.1 Å². The zero-order valence-corrected chi connectivity index (χ0v) is 17.1. The molecule has 0 atom stereocenters. The Labute approximate surface area is 172 Å². The number of hydrogen-bond donors (Lipinski definition) is 1. The molecule has 0 saturated heterocycles. The van der Waals surface area contributed by atoms with Crippen molar-refractivity contribution < 1.29 is 26.4 Å². The molecule has 0 heterocycles. The third kappa shape index (κ3) is 6.93. The summed E-state index contributed by atoms with van der Waals surface area (Å²) in [5, 5.41) is 3.20. The second-order valence-corrected chi connectivity index (χ2v) is 8.67. The lowest BCUT2D eigenvalue weighted by Gasteiger charge is -2.23. The SMILES string of the molecule is CS(=O)(=O)N(CCCC(=O)NCc1ccccc1Cl)c1cccc(C(F)(F)F)c1. The molecule has 1 amide bonds. The predicted molar refractivity (Wildman–Crippen MR) is 106 cm³/mol. The van der Waals surface area contributed by atoms with Gasteiger partial charge in [0.05, 0.1) is 17.5 Å². The van der Waals surface area contributed by atoms with Crippen LogP contribution in [0.15, 0.2) is 48.5 Å². The number of carbonyl (C=O) groups is 1. The fraction of sp³-hybridized carbons (Fsp3) is 0.316. The van der Waals surface area contributed by atoms with E-state index in [0.717, 1.165) is 34.3 Å². The Morgan fingerprint density at radius 1 is 1.14 bits per heavy atom. The van der Waals surface area contributed by atoms with E-state index >= 15 is 0 Å². The largest absolute Gasteiger partial charge is 0.416 e. The van der Waals surface area contributed by atoms with Crippen molar-refractivity contribution in [3.8, 4) is 0 Å².